The van der Waals surface area contributed by atoms with Crippen molar-refractivity contribution in [1.82, 2.24) is 0 Å². The van der Waals surface area contributed by atoms with Crippen LogP contribution in [0.25, 0.3) is 0 Å². The molecular weight excluding hydrogens is 241 g/mol. The van der Waals surface area contributed by atoms with Gasteiger partial charge in [-0.25, -0.2) is 4.39 Å². The van der Waals surface area contributed by atoms with Gasteiger partial charge < -0.3 is 10.5 Å². The fraction of sp³-hybridized carbons (Fsp3) is 0.250. The Morgan fingerprint density at radius 1 is 1.21 bits per heavy atom. The minimum Gasteiger partial charge on any atom is -0.496 e. The first-order valence-corrected chi connectivity index (χ1v) is 6.25. The first-order chi connectivity index (χ1) is 9.11. The largest absolute Gasteiger partial charge is 0.496 e. The van der Waals surface area contributed by atoms with E-state index in [1.54, 1.807) is 13.2 Å². The molecule has 0 radical (unpaired) electrons. The molecule has 2 N–H and O–H groups in total. The first kappa shape index (κ1) is 13.6. The molecule has 2 rings (SSSR count). The van der Waals surface area contributed by atoms with Crippen molar-refractivity contribution in [2.75, 3.05) is 7.11 Å². The Bertz CT molecular complexity index is 568. The van der Waals surface area contributed by atoms with Crippen molar-refractivity contribution in [2.45, 2.75) is 19.4 Å². The summed E-state index contributed by atoms with van der Waals surface area (Å²) in [5.74, 6) is 0.571. The summed E-state index contributed by atoms with van der Waals surface area (Å²) in [5.41, 5.74) is 9.18. The van der Waals surface area contributed by atoms with Gasteiger partial charge in [0.05, 0.1) is 7.11 Å². The van der Waals surface area contributed by atoms with Crippen molar-refractivity contribution in [1.29, 1.82) is 0 Å². The molecule has 2 aromatic carbocycles. The van der Waals surface area contributed by atoms with Crippen LogP contribution in [-0.4, -0.2) is 7.11 Å². The summed E-state index contributed by atoms with van der Waals surface area (Å²) in [4.78, 5) is 0. The van der Waals surface area contributed by atoms with Crippen LogP contribution in [0.4, 0.5) is 4.39 Å². The smallest absolute Gasteiger partial charge is 0.123 e. The number of benzene rings is 2. The minimum atomic E-state index is -0.216. The van der Waals surface area contributed by atoms with E-state index in [4.69, 9.17) is 10.5 Å². The first-order valence-electron chi connectivity index (χ1n) is 6.25. The fourth-order valence-electron chi connectivity index (χ4n) is 2.21. The van der Waals surface area contributed by atoms with Crippen LogP contribution < -0.4 is 10.5 Å². The Labute approximate surface area is 113 Å². The zero-order valence-electron chi connectivity index (χ0n) is 11.2. The number of hydrogen-bond acceptors (Lipinski definition) is 2. The molecule has 0 fully saturated rings. The maximum Gasteiger partial charge on any atom is 0.123 e. The van der Waals surface area contributed by atoms with Crippen LogP contribution in [0.15, 0.2) is 42.5 Å². The van der Waals surface area contributed by atoms with E-state index in [9.17, 15) is 4.39 Å². The second-order valence-corrected chi connectivity index (χ2v) is 4.62. The summed E-state index contributed by atoms with van der Waals surface area (Å²) in [6.07, 6.45) is 0.659. The molecule has 0 aliphatic rings. The van der Waals surface area contributed by atoms with Crippen molar-refractivity contribution >= 4 is 0 Å². The third-order valence-electron chi connectivity index (χ3n) is 3.28. The van der Waals surface area contributed by atoms with Crippen LogP contribution in [-0.2, 0) is 6.42 Å². The number of para-hydroxylation sites is 1. The number of rotatable bonds is 4. The monoisotopic (exact) mass is 259 g/mol. The lowest BCUT2D eigenvalue weighted by Gasteiger charge is -2.16. The topological polar surface area (TPSA) is 35.2 Å². The third-order valence-corrected chi connectivity index (χ3v) is 3.28. The average molecular weight is 259 g/mol. The van der Waals surface area contributed by atoms with Crippen LogP contribution in [0.1, 0.15) is 22.7 Å². The quantitative estimate of drug-likeness (QED) is 0.913. The third kappa shape index (κ3) is 3.12. The van der Waals surface area contributed by atoms with Crippen molar-refractivity contribution in [2.24, 2.45) is 5.73 Å². The fourth-order valence-corrected chi connectivity index (χ4v) is 2.21. The van der Waals surface area contributed by atoms with Crippen molar-refractivity contribution < 1.29 is 9.13 Å². The standard InChI is InChI=1S/C16H18FNO/c1-11-9-13(17)8-7-12(11)10-15(18)14-5-3-4-6-16(14)19-2/h3-9,15H,10,18H2,1-2H3. The molecule has 2 nitrogen and oxygen atoms in total. The highest BCUT2D eigenvalue weighted by Crippen LogP contribution is 2.26. The lowest BCUT2D eigenvalue weighted by molar-refractivity contribution is 0.405. The number of hydrogen-bond donors (Lipinski definition) is 1. The van der Waals surface area contributed by atoms with Crippen molar-refractivity contribution in [3.63, 3.8) is 0 Å². The number of ether oxygens (including phenoxy) is 1. The molecule has 0 bridgehead atoms. The molecule has 19 heavy (non-hydrogen) atoms. The molecule has 100 valence electrons. The van der Waals surface area contributed by atoms with Gasteiger partial charge in [-0.2, -0.15) is 0 Å². The zero-order chi connectivity index (χ0) is 13.8. The molecule has 1 atom stereocenters. The van der Waals surface area contributed by atoms with Gasteiger partial charge in [0.1, 0.15) is 11.6 Å². The maximum atomic E-state index is 13.1. The van der Waals surface area contributed by atoms with Crippen LogP contribution in [0.3, 0.4) is 0 Å². The molecule has 1 unspecified atom stereocenters. The highest BCUT2D eigenvalue weighted by atomic mass is 19.1. The number of nitrogens with two attached hydrogens (primary N) is 1. The van der Waals surface area contributed by atoms with Gasteiger partial charge in [0.2, 0.25) is 0 Å². The molecule has 3 heteroatoms. The summed E-state index contributed by atoms with van der Waals surface area (Å²) < 4.78 is 18.4. The van der Waals surface area contributed by atoms with E-state index >= 15 is 0 Å². The number of aryl methyl sites for hydroxylation is 1. The van der Waals surface area contributed by atoms with Crippen molar-refractivity contribution in [3.8, 4) is 5.75 Å². The summed E-state index contributed by atoms with van der Waals surface area (Å²) >= 11 is 0. The predicted molar refractivity (Wildman–Crippen MR) is 74.8 cm³/mol. The van der Waals surface area contributed by atoms with Crippen LogP contribution in [0.2, 0.25) is 0 Å². The molecule has 0 spiro atoms. The number of methoxy groups -OCH3 is 1. The Balaban J connectivity index is 2.23. The van der Waals surface area contributed by atoms with Crippen LogP contribution in [0, 0.1) is 12.7 Å². The molecule has 0 heterocycles. The number of halogens is 1. The van der Waals surface area contributed by atoms with Gasteiger partial charge >= 0.3 is 0 Å². The summed E-state index contributed by atoms with van der Waals surface area (Å²) in [6.45, 7) is 1.90. The summed E-state index contributed by atoms with van der Waals surface area (Å²) in [6, 6.07) is 12.3. The molecular formula is C16H18FNO. The van der Waals surface area contributed by atoms with E-state index < -0.39 is 0 Å². The van der Waals surface area contributed by atoms with Crippen LogP contribution >= 0.6 is 0 Å². The Morgan fingerprint density at radius 3 is 2.63 bits per heavy atom. The van der Waals surface area contributed by atoms with E-state index in [-0.39, 0.29) is 11.9 Å². The molecule has 0 aliphatic heterocycles. The lowest BCUT2D eigenvalue weighted by atomic mass is 9.96. The van der Waals surface area contributed by atoms with Crippen LogP contribution in [0.5, 0.6) is 5.75 Å². The normalized spacial score (nSPS) is 12.2. The van der Waals surface area contributed by atoms with Gasteiger partial charge in [0.15, 0.2) is 0 Å². The van der Waals surface area contributed by atoms with E-state index in [1.807, 2.05) is 31.2 Å². The van der Waals surface area contributed by atoms with E-state index in [0.717, 1.165) is 22.4 Å². The molecule has 0 saturated carbocycles. The summed E-state index contributed by atoms with van der Waals surface area (Å²) in [7, 11) is 1.63. The second kappa shape index (κ2) is 5.85. The lowest BCUT2D eigenvalue weighted by Crippen LogP contribution is -2.15. The van der Waals surface area contributed by atoms with Crippen molar-refractivity contribution in [3.05, 3.63) is 65.0 Å². The second-order valence-electron chi connectivity index (χ2n) is 4.62. The van der Waals surface area contributed by atoms with E-state index in [2.05, 4.69) is 0 Å². The summed E-state index contributed by atoms with van der Waals surface area (Å²) in [5, 5.41) is 0. The molecule has 0 saturated heterocycles. The predicted octanol–water partition coefficient (Wildman–Crippen LogP) is 3.39. The molecule has 2 aromatic rings. The Hall–Kier alpha value is -1.87. The van der Waals surface area contributed by atoms with Gasteiger partial charge in [-0.05, 0) is 42.7 Å². The highest BCUT2D eigenvalue weighted by Gasteiger charge is 2.13. The van der Waals surface area contributed by atoms with Gasteiger partial charge in [0, 0.05) is 11.6 Å². The van der Waals surface area contributed by atoms with Gasteiger partial charge in [-0.1, -0.05) is 24.3 Å². The maximum absolute atomic E-state index is 13.1. The SMILES string of the molecule is COc1ccccc1C(N)Cc1ccc(F)cc1C. The zero-order valence-corrected chi connectivity index (χ0v) is 11.2. The Kier molecular flexibility index (Phi) is 4.17. The van der Waals surface area contributed by atoms with Gasteiger partial charge in [-0.15, -0.1) is 0 Å². The van der Waals surface area contributed by atoms with Gasteiger partial charge in [-0.3, -0.25) is 0 Å². The molecule has 0 amide bonds. The minimum absolute atomic E-state index is 0.166. The van der Waals surface area contributed by atoms with E-state index in [1.165, 1.54) is 12.1 Å². The Morgan fingerprint density at radius 2 is 1.95 bits per heavy atom. The van der Waals surface area contributed by atoms with E-state index in [0.29, 0.717) is 6.42 Å². The average Bonchev–Trinajstić information content (AvgIpc) is 2.41. The van der Waals surface area contributed by atoms with Gasteiger partial charge in [0.25, 0.3) is 0 Å². The highest BCUT2D eigenvalue weighted by molar-refractivity contribution is 5.37. The molecule has 0 aromatic heterocycles. The molecule has 0 aliphatic carbocycles.